The van der Waals surface area contributed by atoms with E-state index in [4.69, 9.17) is 9.47 Å². The maximum Gasteiger partial charge on any atom is 0.416 e. The molecule has 146 valence electrons. The Morgan fingerprint density at radius 3 is 2.22 bits per heavy atom. The third-order valence-electron chi connectivity index (χ3n) is 3.99. The van der Waals surface area contributed by atoms with Gasteiger partial charge in [0.05, 0.1) is 25.8 Å². The van der Waals surface area contributed by atoms with Gasteiger partial charge in [0.1, 0.15) is 0 Å². The maximum atomic E-state index is 12.6. The van der Waals surface area contributed by atoms with Crippen LogP contribution in [-0.4, -0.2) is 20.3 Å². The predicted octanol–water partition coefficient (Wildman–Crippen LogP) is 4.28. The summed E-state index contributed by atoms with van der Waals surface area (Å²) in [5, 5.41) is 5.39. The molecule has 0 aromatic heterocycles. The van der Waals surface area contributed by atoms with Crippen molar-refractivity contribution in [3.63, 3.8) is 0 Å². The number of benzene rings is 2. The van der Waals surface area contributed by atoms with Crippen molar-refractivity contribution in [2.75, 3.05) is 14.2 Å². The van der Waals surface area contributed by atoms with Crippen molar-refractivity contribution < 1.29 is 27.4 Å². The molecule has 0 saturated heterocycles. The molecule has 0 aliphatic carbocycles. The summed E-state index contributed by atoms with van der Waals surface area (Å²) in [6.45, 7) is 1.95. The molecule has 0 radical (unpaired) electrons. The van der Waals surface area contributed by atoms with E-state index in [1.807, 2.05) is 0 Å². The molecule has 0 unspecified atom stereocenters. The van der Waals surface area contributed by atoms with Crippen LogP contribution < -0.4 is 20.1 Å². The van der Waals surface area contributed by atoms with E-state index in [9.17, 15) is 18.0 Å². The van der Waals surface area contributed by atoms with Gasteiger partial charge in [0, 0.05) is 6.54 Å². The molecule has 0 aliphatic heterocycles. The monoisotopic (exact) mass is 382 g/mol. The molecular formula is C19H21F3N2O3. The Morgan fingerprint density at radius 2 is 1.67 bits per heavy atom. The van der Waals surface area contributed by atoms with Gasteiger partial charge in [0.25, 0.3) is 0 Å². The molecule has 1 atom stereocenters. The molecule has 0 heterocycles. The highest BCUT2D eigenvalue weighted by Gasteiger charge is 2.30. The summed E-state index contributed by atoms with van der Waals surface area (Å²) in [7, 11) is 3.05. The van der Waals surface area contributed by atoms with Crippen LogP contribution in [0.4, 0.5) is 18.0 Å². The van der Waals surface area contributed by atoms with E-state index in [0.717, 1.165) is 17.7 Å². The smallest absolute Gasteiger partial charge is 0.416 e. The zero-order valence-corrected chi connectivity index (χ0v) is 15.2. The Hall–Kier alpha value is -2.90. The maximum absolute atomic E-state index is 12.6. The van der Waals surface area contributed by atoms with Crippen LogP contribution in [0.2, 0.25) is 0 Å². The van der Waals surface area contributed by atoms with Crippen LogP contribution in [0.1, 0.15) is 29.7 Å². The molecule has 0 spiro atoms. The Morgan fingerprint density at radius 1 is 1.04 bits per heavy atom. The number of carbonyl (C=O) groups is 1. The summed E-state index contributed by atoms with van der Waals surface area (Å²) in [5.41, 5.74) is 0.658. The zero-order valence-electron chi connectivity index (χ0n) is 15.2. The molecule has 2 N–H and O–H groups in total. The highest BCUT2D eigenvalue weighted by atomic mass is 19.4. The number of rotatable bonds is 6. The second-order valence-corrected chi connectivity index (χ2v) is 5.86. The largest absolute Gasteiger partial charge is 0.493 e. The third-order valence-corrected chi connectivity index (χ3v) is 3.99. The van der Waals surface area contributed by atoms with Crippen LogP contribution in [-0.2, 0) is 12.7 Å². The fraction of sp³-hybridized carbons (Fsp3) is 0.316. The van der Waals surface area contributed by atoms with Gasteiger partial charge in [-0.2, -0.15) is 13.2 Å². The zero-order chi connectivity index (χ0) is 20.0. The standard InChI is InChI=1S/C19H21F3N2O3/c1-12(14-5-7-15(8-6-14)19(20,21)22)24-18(25)23-11-13-4-9-16(26-2)17(10-13)27-3/h4-10,12H,11H2,1-3H3,(H2,23,24,25)/t12-/m0/s1. The van der Waals surface area contributed by atoms with E-state index in [1.165, 1.54) is 26.4 Å². The van der Waals surface area contributed by atoms with Crippen molar-refractivity contribution in [3.05, 3.63) is 59.2 Å². The minimum atomic E-state index is -4.38. The Balaban J connectivity index is 1.91. The van der Waals surface area contributed by atoms with Crippen molar-refractivity contribution in [1.82, 2.24) is 10.6 Å². The van der Waals surface area contributed by atoms with Crippen molar-refractivity contribution >= 4 is 6.03 Å². The molecule has 0 aliphatic rings. The average Bonchev–Trinajstić information content (AvgIpc) is 2.65. The van der Waals surface area contributed by atoms with Gasteiger partial charge in [-0.3, -0.25) is 0 Å². The van der Waals surface area contributed by atoms with Gasteiger partial charge in [0.15, 0.2) is 11.5 Å². The first-order valence-corrected chi connectivity index (χ1v) is 8.17. The number of carbonyl (C=O) groups excluding carboxylic acids is 1. The number of methoxy groups -OCH3 is 2. The average molecular weight is 382 g/mol. The minimum absolute atomic E-state index is 0.256. The topological polar surface area (TPSA) is 59.6 Å². The van der Waals surface area contributed by atoms with Crippen LogP contribution in [0.5, 0.6) is 11.5 Å². The molecule has 0 fully saturated rings. The molecule has 27 heavy (non-hydrogen) atoms. The van der Waals surface area contributed by atoms with Crippen LogP contribution in [0.15, 0.2) is 42.5 Å². The lowest BCUT2D eigenvalue weighted by molar-refractivity contribution is -0.137. The third kappa shape index (κ3) is 5.54. The van der Waals surface area contributed by atoms with Gasteiger partial charge >= 0.3 is 12.2 Å². The van der Waals surface area contributed by atoms with E-state index >= 15 is 0 Å². The Bertz CT molecular complexity index is 777. The van der Waals surface area contributed by atoms with E-state index in [2.05, 4.69) is 10.6 Å². The van der Waals surface area contributed by atoms with Crippen molar-refractivity contribution in [1.29, 1.82) is 0 Å². The molecule has 2 aromatic carbocycles. The van der Waals surface area contributed by atoms with Crippen molar-refractivity contribution in [2.45, 2.75) is 25.7 Å². The first-order valence-electron chi connectivity index (χ1n) is 8.17. The number of amides is 2. The van der Waals surface area contributed by atoms with Gasteiger partial charge in [-0.1, -0.05) is 18.2 Å². The number of ether oxygens (including phenoxy) is 2. The molecule has 0 bridgehead atoms. The van der Waals surface area contributed by atoms with Crippen LogP contribution in [0, 0.1) is 0 Å². The summed E-state index contributed by atoms with van der Waals surface area (Å²) in [4.78, 5) is 12.0. The highest BCUT2D eigenvalue weighted by molar-refractivity contribution is 5.74. The SMILES string of the molecule is COc1ccc(CNC(=O)N[C@@H](C)c2ccc(C(F)(F)F)cc2)cc1OC. The first-order chi connectivity index (χ1) is 12.7. The second-order valence-electron chi connectivity index (χ2n) is 5.86. The van der Waals surface area contributed by atoms with Crippen molar-refractivity contribution in [3.8, 4) is 11.5 Å². The molecule has 2 aromatic rings. The predicted molar refractivity (Wildman–Crippen MR) is 94.8 cm³/mol. The summed E-state index contributed by atoms with van der Waals surface area (Å²) in [6, 6.07) is 9.08. The van der Waals surface area contributed by atoms with Crippen molar-refractivity contribution in [2.24, 2.45) is 0 Å². The number of nitrogens with one attached hydrogen (secondary N) is 2. The number of hydrogen-bond acceptors (Lipinski definition) is 3. The molecule has 2 rings (SSSR count). The molecular weight excluding hydrogens is 361 g/mol. The van der Waals surface area contributed by atoms with Gasteiger partial charge in [-0.15, -0.1) is 0 Å². The van der Waals surface area contributed by atoms with Crippen LogP contribution in [0.3, 0.4) is 0 Å². The Kier molecular flexibility index (Phi) is 6.55. The van der Waals surface area contributed by atoms with E-state index in [1.54, 1.807) is 25.1 Å². The molecule has 2 amide bonds. The second kappa shape index (κ2) is 8.66. The van der Waals surface area contributed by atoms with Crippen LogP contribution in [0.25, 0.3) is 0 Å². The first kappa shape index (κ1) is 20.4. The summed E-state index contributed by atoms with van der Waals surface area (Å²) in [6.07, 6.45) is -4.38. The quantitative estimate of drug-likeness (QED) is 0.784. The van der Waals surface area contributed by atoms with Crippen LogP contribution >= 0.6 is 0 Å². The molecule has 0 saturated carbocycles. The van der Waals surface area contributed by atoms with E-state index < -0.39 is 23.8 Å². The van der Waals surface area contributed by atoms with Gasteiger partial charge < -0.3 is 20.1 Å². The highest BCUT2D eigenvalue weighted by Crippen LogP contribution is 2.30. The minimum Gasteiger partial charge on any atom is -0.493 e. The number of urea groups is 1. The number of hydrogen-bond donors (Lipinski definition) is 2. The lowest BCUT2D eigenvalue weighted by Crippen LogP contribution is -2.36. The Labute approximate surface area is 155 Å². The summed E-state index contributed by atoms with van der Waals surface area (Å²) in [5.74, 6) is 1.14. The van der Waals surface area contributed by atoms with Gasteiger partial charge in [-0.05, 0) is 42.3 Å². The number of alkyl halides is 3. The lowest BCUT2D eigenvalue weighted by Gasteiger charge is -2.16. The summed E-state index contributed by atoms with van der Waals surface area (Å²) < 4.78 is 48.2. The van der Waals surface area contributed by atoms with Gasteiger partial charge in [0.2, 0.25) is 0 Å². The molecule has 5 nitrogen and oxygen atoms in total. The normalized spacial score (nSPS) is 12.2. The lowest BCUT2D eigenvalue weighted by atomic mass is 10.1. The van der Waals surface area contributed by atoms with E-state index in [0.29, 0.717) is 17.1 Å². The fourth-order valence-corrected chi connectivity index (χ4v) is 2.46. The van der Waals surface area contributed by atoms with E-state index in [-0.39, 0.29) is 6.54 Å². The van der Waals surface area contributed by atoms with Gasteiger partial charge in [-0.25, -0.2) is 4.79 Å². The summed E-state index contributed by atoms with van der Waals surface area (Å²) >= 11 is 0. The fourth-order valence-electron chi connectivity index (χ4n) is 2.46. The molecule has 8 heteroatoms. The number of halogens is 3.